The zero-order valence-corrected chi connectivity index (χ0v) is 10.6. The van der Waals surface area contributed by atoms with E-state index in [1.54, 1.807) is 12.1 Å². The Kier molecular flexibility index (Phi) is 4.20. The van der Waals surface area contributed by atoms with Crippen LogP contribution in [0.5, 0.6) is 5.75 Å². The average molecular weight is 248 g/mol. The third-order valence-corrected chi connectivity index (χ3v) is 3.15. The molecule has 0 radical (unpaired) electrons. The molecular weight excluding hydrogens is 228 g/mol. The highest BCUT2D eigenvalue weighted by molar-refractivity contribution is 5.76. The molecule has 0 aromatic heterocycles. The predicted molar refractivity (Wildman–Crippen MR) is 70.3 cm³/mol. The van der Waals surface area contributed by atoms with Crippen LogP contribution in [0.4, 0.5) is 0 Å². The van der Waals surface area contributed by atoms with E-state index in [-0.39, 0.29) is 11.9 Å². The molecular formula is C14H20N2O2. The topological polar surface area (TPSA) is 61.4 Å². The first kappa shape index (κ1) is 12.9. The molecule has 0 spiro atoms. The maximum atomic E-state index is 11.5. The second kappa shape index (κ2) is 5.87. The fraction of sp³-hybridized carbons (Fsp3) is 0.500. The normalized spacial score (nSPS) is 16.3. The van der Waals surface area contributed by atoms with Crippen molar-refractivity contribution in [1.29, 1.82) is 0 Å². The Bertz CT molecular complexity index is 416. The van der Waals surface area contributed by atoms with Gasteiger partial charge in [0.2, 0.25) is 5.91 Å². The van der Waals surface area contributed by atoms with Crippen molar-refractivity contribution in [2.75, 3.05) is 6.54 Å². The molecule has 0 bridgehead atoms. The number of phenols is 1. The molecule has 1 aromatic carbocycles. The molecule has 18 heavy (non-hydrogen) atoms. The number of hydrogen-bond donors (Lipinski definition) is 3. The summed E-state index contributed by atoms with van der Waals surface area (Å²) in [5.41, 5.74) is 0.861. The Morgan fingerprint density at radius 3 is 2.83 bits per heavy atom. The monoisotopic (exact) mass is 248 g/mol. The minimum absolute atomic E-state index is 0.0416. The van der Waals surface area contributed by atoms with Crippen LogP contribution in [0.1, 0.15) is 37.8 Å². The molecule has 98 valence electrons. The quantitative estimate of drug-likeness (QED) is 0.718. The van der Waals surface area contributed by atoms with Crippen LogP contribution in [0.2, 0.25) is 0 Å². The first-order valence-corrected chi connectivity index (χ1v) is 6.47. The summed E-state index contributed by atoms with van der Waals surface area (Å²) in [7, 11) is 0. The van der Waals surface area contributed by atoms with E-state index < -0.39 is 0 Å². The number of benzene rings is 1. The smallest absolute Gasteiger partial charge is 0.221 e. The Labute approximate surface area is 107 Å². The van der Waals surface area contributed by atoms with E-state index in [2.05, 4.69) is 10.6 Å². The molecule has 3 N–H and O–H groups in total. The number of amides is 1. The highest BCUT2D eigenvalue weighted by Crippen LogP contribution is 2.23. The molecule has 1 atom stereocenters. The van der Waals surface area contributed by atoms with Crippen molar-refractivity contribution < 1.29 is 9.90 Å². The lowest BCUT2D eigenvalue weighted by Gasteiger charge is -2.15. The number of para-hydroxylation sites is 1. The second-order valence-electron chi connectivity index (χ2n) is 4.83. The molecule has 4 nitrogen and oxygen atoms in total. The van der Waals surface area contributed by atoms with Gasteiger partial charge < -0.3 is 15.7 Å². The molecule has 1 aliphatic carbocycles. The lowest BCUT2D eigenvalue weighted by Crippen LogP contribution is -2.30. The van der Waals surface area contributed by atoms with Crippen molar-refractivity contribution in [2.45, 2.75) is 38.3 Å². The third kappa shape index (κ3) is 3.74. The van der Waals surface area contributed by atoms with Crippen LogP contribution in [0, 0.1) is 0 Å². The van der Waals surface area contributed by atoms with E-state index >= 15 is 0 Å². The van der Waals surface area contributed by atoms with E-state index in [4.69, 9.17) is 0 Å². The number of carbonyl (C=O) groups is 1. The minimum atomic E-state index is 0.0416. The molecule has 1 amide bonds. The van der Waals surface area contributed by atoms with Crippen molar-refractivity contribution in [3.05, 3.63) is 29.8 Å². The van der Waals surface area contributed by atoms with Crippen molar-refractivity contribution in [1.82, 2.24) is 10.6 Å². The molecule has 1 aromatic rings. The molecule has 0 heterocycles. The lowest BCUT2D eigenvalue weighted by molar-refractivity contribution is -0.121. The van der Waals surface area contributed by atoms with E-state index in [1.807, 2.05) is 19.1 Å². The van der Waals surface area contributed by atoms with Gasteiger partial charge in [0.25, 0.3) is 0 Å². The maximum Gasteiger partial charge on any atom is 0.221 e. The number of aromatic hydroxyl groups is 1. The molecule has 1 fully saturated rings. The highest BCUT2D eigenvalue weighted by Gasteiger charge is 2.22. The minimum Gasteiger partial charge on any atom is -0.508 e. The van der Waals surface area contributed by atoms with Gasteiger partial charge in [-0.15, -0.1) is 0 Å². The molecule has 2 rings (SSSR count). The predicted octanol–water partition coefficient (Wildman–Crippen LogP) is 1.71. The SMILES string of the molecule is CC(NCCC(=O)NC1CC1)c1ccccc1O. The number of phenolic OH excluding ortho intramolecular Hbond substituents is 1. The van der Waals surface area contributed by atoms with Gasteiger partial charge in [0.1, 0.15) is 5.75 Å². The van der Waals surface area contributed by atoms with E-state index in [9.17, 15) is 9.90 Å². The zero-order chi connectivity index (χ0) is 13.0. The lowest BCUT2D eigenvalue weighted by atomic mass is 10.1. The molecule has 1 unspecified atom stereocenters. The summed E-state index contributed by atoms with van der Waals surface area (Å²) in [6.07, 6.45) is 2.72. The van der Waals surface area contributed by atoms with Crippen LogP contribution in [0.15, 0.2) is 24.3 Å². The standard InChI is InChI=1S/C14H20N2O2/c1-10(12-4-2-3-5-13(12)17)15-9-8-14(18)16-11-6-7-11/h2-5,10-11,15,17H,6-9H2,1H3,(H,16,18). The van der Waals surface area contributed by atoms with Gasteiger partial charge >= 0.3 is 0 Å². The van der Waals surface area contributed by atoms with Gasteiger partial charge in [-0.2, -0.15) is 0 Å². The van der Waals surface area contributed by atoms with Gasteiger partial charge in [-0.25, -0.2) is 0 Å². The van der Waals surface area contributed by atoms with Gasteiger partial charge in [0.15, 0.2) is 0 Å². The molecule has 4 heteroatoms. The fourth-order valence-electron chi connectivity index (χ4n) is 1.89. The second-order valence-corrected chi connectivity index (χ2v) is 4.83. The number of rotatable bonds is 6. The molecule has 0 aliphatic heterocycles. The number of hydrogen-bond acceptors (Lipinski definition) is 3. The highest BCUT2D eigenvalue weighted by atomic mass is 16.3. The van der Waals surface area contributed by atoms with Crippen molar-refractivity contribution in [3.63, 3.8) is 0 Å². The van der Waals surface area contributed by atoms with Crippen LogP contribution >= 0.6 is 0 Å². The number of nitrogens with one attached hydrogen (secondary N) is 2. The summed E-state index contributed by atoms with van der Waals surface area (Å²) >= 11 is 0. The fourth-order valence-corrected chi connectivity index (χ4v) is 1.89. The Morgan fingerprint density at radius 2 is 2.17 bits per heavy atom. The van der Waals surface area contributed by atoms with Crippen molar-refractivity contribution >= 4 is 5.91 Å². The van der Waals surface area contributed by atoms with Gasteiger partial charge in [-0.3, -0.25) is 4.79 Å². The summed E-state index contributed by atoms with van der Waals surface area (Å²) in [6, 6.07) is 7.72. The summed E-state index contributed by atoms with van der Waals surface area (Å²) in [5.74, 6) is 0.398. The average Bonchev–Trinajstić information content (AvgIpc) is 3.13. The third-order valence-electron chi connectivity index (χ3n) is 3.15. The number of carbonyl (C=O) groups excluding carboxylic acids is 1. The summed E-state index contributed by atoms with van der Waals surface area (Å²) in [6.45, 7) is 2.60. The summed E-state index contributed by atoms with van der Waals surface area (Å²) in [5, 5.41) is 15.9. The molecule has 1 aliphatic rings. The van der Waals surface area contributed by atoms with Crippen LogP contribution < -0.4 is 10.6 Å². The van der Waals surface area contributed by atoms with Gasteiger partial charge in [-0.1, -0.05) is 18.2 Å². The van der Waals surface area contributed by atoms with Gasteiger partial charge in [-0.05, 0) is 25.8 Å². The summed E-state index contributed by atoms with van der Waals surface area (Å²) < 4.78 is 0. The van der Waals surface area contributed by atoms with Crippen LogP contribution in [-0.2, 0) is 4.79 Å². The van der Waals surface area contributed by atoms with Gasteiger partial charge in [0.05, 0.1) is 0 Å². The molecule has 0 saturated heterocycles. The summed E-state index contributed by atoms with van der Waals surface area (Å²) in [4.78, 5) is 11.5. The first-order valence-electron chi connectivity index (χ1n) is 6.47. The van der Waals surface area contributed by atoms with Crippen LogP contribution in [0.25, 0.3) is 0 Å². The first-order chi connectivity index (χ1) is 8.66. The van der Waals surface area contributed by atoms with E-state index in [0.29, 0.717) is 24.8 Å². The maximum absolute atomic E-state index is 11.5. The largest absolute Gasteiger partial charge is 0.508 e. The van der Waals surface area contributed by atoms with E-state index in [1.165, 1.54) is 0 Å². The van der Waals surface area contributed by atoms with Crippen molar-refractivity contribution in [3.8, 4) is 5.75 Å². The van der Waals surface area contributed by atoms with Crippen LogP contribution in [-0.4, -0.2) is 23.6 Å². The Morgan fingerprint density at radius 1 is 1.44 bits per heavy atom. The zero-order valence-electron chi connectivity index (χ0n) is 10.6. The Balaban J connectivity index is 1.72. The van der Waals surface area contributed by atoms with E-state index in [0.717, 1.165) is 18.4 Å². The van der Waals surface area contributed by atoms with Crippen molar-refractivity contribution in [2.24, 2.45) is 0 Å². The Hall–Kier alpha value is -1.55. The molecule has 1 saturated carbocycles. The van der Waals surface area contributed by atoms with Gasteiger partial charge in [0, 0.05) is 30.6 Å². The van der Waals surface area contributed by atoms with Crippen LogP contribution in [0.3, 0.4) is 0 Å².